The highest BCUT2D eigenvalue weighted by atomic mass is 35.5. The van der Waals surface area contributed by atoms with Crippen molar-refractivity contribution in [2.24, 2.45) is 5.14 Å². The molecule has 0 spiro atoms. The van der Waals surface area contributed by atoms with Crippen LogP contribution in [0.15, 0.2) is 53.4 Å². The van der Waals surface area contributed by atoms with Crippen LogP contribution in [0, 0.1) is 5.41 Å². The molecule has 1 aromatic heterocycles. The van der Waals surface area contributed by atoms with Crippen molar-refractivity contribution in [3.8, 4) is 34.0 Å². The van der Waals surface area contributed by atoms with E-state index < -0.39 is 58.3 Å². The molecule has 0 saturated heterocycles. The summed E-state index contributed by atoms with van der Waals surface area (Å²) in [5.41, 5.74) is 1.90. The van der Waals surface area contributed by atoms with Gasteiger partial charge in [-0.2, -0.15) is 0 Å². The Bertz CT molecular complexity index is 1890. The van der Waals surface area contributed by atoms with Gasteiger partial charge >= 0.3 is 11.9 Å². The average Bonchev–Trinajstić information content (AvgIpc) is 3.32. The number of rotatable bonds is 10. The molecule has 1 atom stereocenters. The van der Waals surface area contributed by atoms with Crippen molar-refractivity contribution in [3.63, 3.8) is 0 Å². The number of hydrogen-bond donors (Lipinski definition) is 8. The summed E-state index contributed by atoms with van der Waals surface area (Å²) < 4.78 is 24.0. The van der Waals surface area contributed by atoms with Gasteiger partial charge in [-0.3, -0.25) is 9.59 Å². The third-order valence-electron chi connectivity index (χ3n) is 6.30. The van der Waals surface area contributed by atoms with E-state index in [9.17, 15) is 38.1 Å². The van der Waals surface area contributed by atoms with Gasteiger partial charge in [0.2, 0.25) is 15.9 Å². The van der Waals surface area contributed by atoms with Crippen molar-refractivity contribution >= 4 is 57.0 Å². The zero-order valence-corrected chi connectivity index (χ0v) is 23.9. The van der Waals surface area contributed by atoms with E-state index in [1.54, 1.807) is 25.1 Å². The molecule has 0 aliphatic carbocycles. The summed E-state index contributed by atoms with van der Waals surface area (Å²) in [5, 5.41) is 55.4. The molecule has 4 aromatic rings. The second-order valence-corrected chi connectivity index (χ2v) is 11.0. The number of amides is 1. The van der Waals surface area contributed by atoms with Crippen LogP contribution in [0.3, 0.4) is 0 Å². The number of aromatic hydroxyl groups is 2. The largest absolute Gasteiger partial charge is 0.507 e. The average molecular weight is 632 g/mol. The van der Waals surface area contributed by atoms with Gasteiger partial charge in [-0.25, -0.2) is 23.3 Å². The number of imidazole rings is 1. The Morgan fingerprint density at radius 1 is 1.02 bits per heavy atom. The van der Waals surface area contributed by atoms with Crippen molar-refractivity contribution in [3.05, 3.63) is 59.7 Å². The van der Waals surface area contributed by atoms with Crippen LogP contribution in [-0.4, -0.2) is 68.4 Å². The number of phenols is 2. The number of aromatic nitrogens is 2. The van der Waals surface area contributed by atoms with Crippen LogP contribution in [0.25, 0.3) is 33.5 Å². The SMILES string of the molecule is CC(=N)c1ccc2nc(-c3cc(CC(=O)NC(CC(=O)O)C(=O)O)cc(-c4cc(S(N)(=O)=O)ccc4O)c3O)[nH]c2c1.Cl. The first-order chi connectivity index (χ1) is 19.6. The second kappa shape index (κ2) is 12.5. The van der Waals surface area contributed by atoms with Crippen molar-refractivity contribution in [1.82, 2.24) is 15.3 Å². The number of H-pyrrole nitrogens is 1. The summed E-state index contributed by atoms with van der Waals surface area (Å²) in [7, 11) is -4.21. The number of primary sulfonamides is 1. The molecular formula is C27H26ClN5O9S. The molecule has 9 N–H and O–H groups in total. The van der Waals surface area contributed by atoms with Gasteiger partial charge in [0.15, 0.2) is 0 Å². The molecule has 14 nitrogen and oxygen atoms in total. The van der Waals surface area contributed by atoms with E-state index in [2.05, 4.69) is 15.3 Å². The van der Waals surface area contributed by atoms with Crippen LogP contribution in [0.4, 0.5) is 0 Å². The summed E-state index contributed by atoms with van der Waals surface area (Å²) >= 11 is 0. The lowest BCUT2D eigenvalue weighted by molar-refractivity contribution is -0.147. The fourth-order valence-electron chi connectivity index (χ4n) is 4.27. The fourth-order valence-corrected chi connectivity index (χ4v) is 4.81. The van der Waals surface area contributed by atoms with Gasteiger partial charge in [-0.05, 0) is 60.5 Å². The summed E-state index contributed by atoms with van der Waals surface area (Å²) in [6.07, 6.45) is -1.35. The van der Waals surface area contributed by atoms with Gasteiger partial charge in [0.05, 0.1) is 34.3 Å². The number of halogens is 1. The predicted octanol–water partition coefficient (Wildman–Crippen LogP) is 2.35. The monoisotopic (exact) mass is 631 g/mol. The van der Waals surface area contributed by atoms with E-state index in [0.29, 0.717) is 22.3 Å². The number of carboxylic acids is 2. The normalized spacial score (nSPS) is 11.9. The fraction of sp³-hybridized carbons (Fsp3) is 0.148. The summed E-state index contributed by atoms with van der Waals surface area (Å²) in [6, 6.07) is 9.17. The number of nitrogens with zero attached hydrogens (tertiary/aromatic N) is 1. The Balaban J connectivity index is 0.00000506. The van der Waals surface area contributed by atoms with Crippen molar-refractivity contribution < 1.29 is 43.2 Å². The highest BCUT2D eigenvalue weighted by molar-refractivity contribution is 7.89. The van der Waals surface area contributed by atoms with Gasteiger partial charge < -0.3 is 36.1 Å². The number of aliphatic carboxylic acids is 2. The van der Waals surface area contributed by atoms with Gasteiger partial charge in [-0.1, -0.05) is 6.07 Å². The number of hydrogen-bond acceptors (Lipinski definition) is 9. The summed E-state index contributed by atoms with van der Waals surface area (Å²) in [4.78, 5) is 42.4. The molecule has 0 aliphatic rings. The third-order valence-corrected chi connectivity index (χ3v) is 7.21. The Hall–Kier alpha value is -4.99. The highest BCUT2D eigenvalue weighted by Gasteiger charge is 2.25. The number of aromatic amines is 1. The first-order valence-corrected chi connectivity index (χ1v) is 13.7. The van der Waals surface area contributed by atoms with Crippen LogP contribution in [-0.2, 0) is 30.8 Å². The summed E-state index contributed by atoms with van der Waals surface area (Å²) in [5.74, 6) is -4.59. The number of benzene rings is 3. The summed E-state index contributed by atoms with van der Waals surface area (Å²) in [6.45, 7) is 1.61. The van der Waals surface area contributed by atoms with Crippen LogP contribution in [0.5, 0.6) is 11.5 Å². The third kappa shape index (κ3) is 7.27. The van der Waals surface area contributed by atoms with Gasteiger partial charge in [0.1, 0.15) is 23.4 Å². The second-order valence-electron chi connectivity index (χ2n) is 9.44. The Labute approximate surface area is 250 Å². The highest BCUT2D eigenvalue weighted by Crippen LogP contribution is 2.42. The molecule has 0 saturated carbocycles. The van der Waals surface area contributed by atoms with E-state index in [4.69, 9.17) is 15.7 Å². The topological polar surface area (TPSA) is 257 Å². The molecule has 4 rings (SSSR count). The van der Waals surface area contributed by atoms with E-state index in [1.165, 1.54) is 12.1 Å². The zero-order chi connectivity index (χ0) is 30.9. The Kier molecular flexibility index (Phi) is 9.44. The van der Waals surface area contributed by atoms with Crippen LogP contribution in [0.1, 0.15) is 24.5 Å². The Morgan fingerprint density at radius 3 is 2.30 bits per heavy atom. The molecule has 226 valence electrons. The first kappa shape index (κ1) is 32.5. The van der Waals surface area contributed by atoms with Crippen LogP contribution >= 0.6 is 12.4 Å². The van der Waals surface area contributed by atoms with Gasteiger partial charge in [0, 0.05) is 16.8 Å². The molecule has 43 heavy (non-hydrogen) atoms. The van der Waals surface area contributed by atoms with E-state index in [1.807, 2.05) is 0 Å². The minimum Gasteiger partial charge on any atom is -0.507 e. The molecule has 16 heteroatoms. The number of sulfonamides is 1. The number of phenolic OH excluding ortho intramolecular Hbond substituents is 2. The van der Waals surface area contributed by atoms with E-state index >= 15 is 0 Å². The number of carboxylic acid groups (broad SMARTS) is 2. The number of carbonyl (C=O) groups excluding carboxylic acids is 1. The lowest BCUT2D eigenvalue weighted by Gasteiger charge is -2.16. The first-order valence-electron chi connectivity index (χ1n) is 12.2. The predicted molar refractivity (Wildman–Crippen MR) is 157 cm³/mol. The Morgan fingerprint density at radius 2 is 1.70 bits per heavy atom. The van der Waals surface area contributed by atoms with Gasteiger partial charge in [-0.15, -0.1) is 12.4 Å². The molecule has 3 aromatic carbocycles. The minimum atomic E-state index is -4.21. The maximum atomic E-state index is 12.8. The minimum absolute atomic E-state index is 0. The van der Waals surface area contributed by atoms with Crippen LogP contribution < -0.4 is 10.5 Å². The molecule has 1 unspecified atom stereocenters. The molecule has 0 radical (unpaired) electrons. The number of fused-ring (bicyclic) bond motifs is 1. The lowest BCUT2D eigenvalue weighted by Crippen LogP contribution is -2.42. The molecule has 1 amide bonds. The van der Waals surface area contributed by atoms with Crippen molar-refractivity contribution in [2.45, 2.75) is 30.7 Å². The maximum Gasteiger partial charge on any atom is 0.326 e. The zero-order valence-electron chi connectivity index (χ0n) is 22.3. The molecule has 0 aliphatic heterocycles. The smallest absolute Gasteiger partial charge is 0.326 e. The molecule has 1 heterocycles. The molecule has 0 bridgehead atoms. The maximum absolute atomic E-state index is 12.8. The standard InChI is InChI=1S/C27H25N5O9S.ClH/c1-12(28)14-2-4-19-20(9-14)32-26(31-19)18-7-13(8-23(34)30-21(27(38)39)11-24(35)36)6-17(25(18)37)16-10-15(42(29,40)41)3-5-22(16)33;/h2-7,9-10,21,28,33,37H,8,11H2,1H3,(H,30,34)(H,31,32)(H,35,36)(H,38,39)(H2,29,40,41);1H. The lowest BCUT2D eigenvalue weighted by atomic mass is 9.95. The van der Waals surface area contributed by atoms with Crippen LogP contribution in [0.2, 0.25) is 0 Å². The molecular weight excluding hydrogens is 606 g/mol. The van der Waals surface area contributed by atoms with Crippen molar-refractivity contribution in [2.75, 3.05) is 0 Å². The number of carbonyl (C=O) groups is 3. The van der Waals surface area contributed by atoms with Crippen molar-refractivity contribution in [1.29, 1.82) is 5.41 Å². The van der Waals surface area contributed by atoms with Gasteiger partial charge in [0.25, 0.3) is 0 Å². The quantitative estimate of drug-likeness (QED) is 0.118. The van der Waals surface area contributed by atoms with E-state index in [-0.39, 0.29) is 45.4 Å². The number of nitrogens with one attached hydrogen (secondary N) is 3. The number of nitrogens with two attached hydrogens (primary N) is 1. The molecule has 0 fully saturated rings. The van der Waals surface area contributed by atoms with E-state index in [0.717, 1.165) is 18.2 Å².